The molecule has 0 saturated carbocycles. The summed E-state index contributed by atoms with van der Waals surface area (Å²) in [7, 11) is 1.65. The molecule has 0 aliphatic carbocycles. The largest absolute Gasteiger partial charge is 0.497 e. The van der Waals surface area contributed by atoms with E-state index in [1.807, 2.05) is 32.0 Å². The quantitative estimate of drug-likeness (QED) is 0.865. The van der Waals surface area contributed by atoms with Gasteiger partial charge in [0.05, 0.1) is 7.11 Å². The summed E-state index contributed by atoms with van der Waals surface area (Å²) < 4.78 is 16.6. The van der Waals surface area contributed by atoms with Crippen LogP contribution in [0.15, 0.2) is 22.7 Å². The molecule has 1 fully saturated rings. The van der Waals surface area contributed by atoms with Crippen molar-refractivity contribution in [3.63, 3.8) is 0 Å². The Morgan fingerprint density at radius 2 is 2.10 bits per heavy atom. The Balaban J connectivity index is 1.93. The van der Waals surface area contributed by atoms with Crippen LogP contribution < -0.4 is 4.74 Å². The van der Waals surface area contributed by atoms with Gasteiger partial charge in [0.15, 0.2) is 0 Å². The number of aromatic nitrogens is 2. The first-order valence-corrected chi connectivity index (χ1v) is 7.25. The molecule has 0 bridgehead atoms. The summed E-state index contributed by atoms with van der Waals surface area (Å²) in [5.74, 6) is 1.91. The van der Waals surface area contributed by atoms with Gasteiger partial charge in [-0.15, -0.1) is 0 Å². The molecule has 1 aromatic carbocycles. The van der Waals surface area contributed by atoms with Crippen molar-refractivity contribution in [2.45, 2.75) is 38.7 Å². The third kappa shape index (κ3) is 2.78. The topological polar surface area (TPSA) is 57.4 Å². The van der Waals surface area contributed by atoms with E-state index in [0.29, 0.717) is 11.7 Å². The van der Waals surface area contributed by atoms with Gasteiger partial charge in [-0.1, -0.05) is 5.16 Å². The third-order valence-corrected chi connectivity index (χ3v) is 3.89. The van der Waals surface area contributed by atoms with E-state index in [2.05, 4.69) is 10.1 Å². The molecule has 112 valence electrons. The summed E-state index contributed by atoms with van der Waals surface area (Å²) in [4.78, 5) is 4.53. The number of benzene rings is 1. The fourth-order valence-corrected chi connectivity index (χ4v) is 2.65. The van der Waals surface area contributed by atoms with E-state index in [9.17, 15) is 0 Å². The van der Waals surface area contributed by atoms with Crippen LogP contribution >= 0.6 is 0 Å². The van der Waals surface area contributed by atoms with Crippen molar-refractivity contribution in [1.82, 2.24) is 10.1 Å². The van der Waals surface area contributed by atoms with Gasteiger partial charge in [0, 0.05) is 12.2 Å². The number of aryl methyl sites for hydroxylation is 1. The van der Waals surface area contributed by atoms with Gasteiger partial charge in [-0.05, 0) is 56.9 Å². The van der Waals surface area contributed by atoms with Crippen LogP contribution in [0.25, 0.3) is 11.4 Å². The molecule has 1 aromatic heterocycles. The van der Waals surface area contributed by atoms with Crippen LogP contribution in [0.4, 0.5) is 0 Å². The summed E-state index contributed by atoms with van der Waals surface area (Å²) in [5.41, 5.74) is 1.52. The van der Waals surface area contributed by atoms with Crippen molar-refractivity contribution >= 4 is 0 Å². The van der Waals surface area contributed by atoms with Crippen LogP contribution in [-0.4, -0.2) is 23.9 Å². The monoisotopic (exact) mass is 288 g/mol. The molecule has 1 aliphatic rings. The number of rotatable bonds is 3. The molecule has 21 heavy (non-hydrogen) atoms. The first-order valence-electron chi connectivity index (χ1n) is 7.25. The first kappa shape index (κ1) is 14.1. The van der Waals surface area contributed by atoms with Gasteiger partial charge < -0.3 is 14.0 Å². The molecule has 0 amide bonds. The highest BCUT2D eigenvalue weighted by Crippen LogP contribution is 2.34. The van der Waals surface area contributed by atoms with Crippen molar-refractivity contribution in [1.29, 1.82) is 0 Å². The average Bonchev–Trinajstić information content (AvgIpc) is 2.98. The predicted molar refractivity (Wildman–Crippen MR) is 78.2 cm³/mol. The third-order valence-electron chi connectivity index (χ3n) is 3.89. The molecule has 0 N–H and O–H groups in total. The van der Waals surface area contributed by atoms with Gasteiger partial charge in [0.25, 0.3) is 5.89 Å². The summed E-state index contributed by atoms with van der Waals surface area (Å²) in [5, 5.41) is 4.10. The van der Waals surface area contributed by atoms with Crippen LogP contribution in [0.2, 0.25) is 0 Å². The van der Waals surface area contributed by atoms with Crippen molar-refractivity contribution in [2.75, 3.05) is 13.7 Å². The Hall–Kier alpha value is -1.88. The minimum Gasteiger partial charge on any atom is -0.497 e. The van der Waals surface area contributed by atoms with Crippen LogP contribution in [0, 0.1) is 6.92 Å². The molecule has 1 atom stereocenters. The molecule has 2 aromatic rings. The normalized spacial score (nSPS) is 22.2. The van der Waals surface area contributed by atoms with E-state index in [1.54, 1.807) is 7.11 Å². The van der Waals surface area contributed by atoms with E-state index in [1.165, 1.54) is 0 Å². The summed E-state index contributed by atoms with van der Waals surface area (Å²) in [6, 6.07) is 5.89. The fourth-order valence-electron chi connectivity index (χ4n) is 2.65. The average molecular weight is 288 g/mol. The summed E-state index contributed by atoms with van der Waals surface area (Å²) in [6.07, 6.45) is 3.11. The maximum atomic E-state index is 5.85. The zero-order valence-corrected chi connectivity index (χ0v) is 12.7. The lowest BCUT2D eigenvalue weighted by Gasteiger charge is -2.29. The molecule has 1 aliphatic heterocycles. The van der Waals surface area contributed by atoms with E-state index >= 15 is 0 Å². The second-order valence-corrected chi connectivity index (χ2v) is 5.70. The first-order chi connectivity index (χ1) is 10.1. The lowest BCUT2D eigenvalue weighted by molar-refractivity contribution is -0.0891. The number of ether oxygens (including phenoxy) is 2. The van der Waals surface area contributed by atoms with Crippen LogP contribution in [0.3, 0.4) is 0 Å². The maximum Gasteiger partial charge on any atom is 0.258 e. The van der Waals surface area contributed by atoms with Crippen LogP contribution in [0.1, 0.15) is 37.6 Å². The summed E-state index contributed by atoms with van der Waals surface area (Å²) in [6.45, 7) is 4.77. The molecule has 1 unspecified atom stereocenters. The number of hydrogen-bond donors (Lipinski definition) is 0. The van der Waals surface area contributed by atoms with Gasteiger partial charge in [0.2, 0.25) is 5.82 Å². The molecule has 1 saturated heterocycles. The maximum absolute atomic E-state index is 5.85. The molecule has 2 heterocycles. The zero-order valence-electron chi connectivity index (χ0n) is 12.7. The Morgan fingerprint density at radius 1 is 1.24 bits per heavy atom. The lowest BCUT2D eigenvalue weighted by atomic mass is 9.96. The highest BCUT2D eigenvalue weighted by Gasteiger charge is 2.36. The second-order valence-electron chi connectivity index (χ2n) is 5.70. The Labute approximate surface area is 124 Å². The number of hydrogen-bond acceptors (Lipinski definition) is 5. The Kier molecular flexibility index (Phi) is 3.68. The highest BCUT2D eigenvalue weighted by atomic mass is 16.5. The number of nitrogens with zero attached hydrogens (tertiary/aromatic N) is 2. The Morgan fingerprint density at radius 3 is 2.81 bits per heavy atom. The highest BCUT2D eigenvalue weighted by molar-refractivity contribution is 5.58. The molecule has 0 spiro atoms. The zero-order chi connectivity index (χ0) is 14.9. The van der Waals surface area contributed by atoms with Crippen LogP contribution in [0.5, 0.6) is 5.75 Å². The molecule has 5 nitrogen and oxygen atoms in total. The fraction of sp³-hybridized carbons (Fsp3) is 0.500. The minimum atomic E-state index is -0.461. The Bertz CT molecular complexity index is 630. The second kappa shape index (κ2) is 5.48. The van der Waals surface area contributed by atoms with Gasteiger partial charge >= 0.3 is 0 Å². The standard InChI is InChI=1S/C16H20N2O3/c1-11-8-12(10-13(9-11)19-3)14-17-15(21-18-14)16(2)6-4-5-7-20-16/h8-10H,4-7H2,1-3H3. The van der Waals surface area contributed by atoms with E-state index in [0.717, 1.165) is 42.7 Å². The van der Waals surface area contributed by atoms with Crippen molar-refractivity contribution in [2.24, 2.45) is 0 Å². The lowest BCUT2D eigenvalue weighted by Crippen LogP contribution is -2.30. The smallest absolute Gasteiger partial charge is 0.258 e. The van der Waals surface area contributed by atoms with E-state index in [-0.39, 0.29) is 0 Å². The van der Waals surface area contributed by atoms with Gasteiger partial charge in [0.1, 0.15) is 11.4 Å². The van der Waals surface area contributed by atoms with E-state index < -0.39 is 5.60 Å². The molecular weight excluding hydrogens is 268 g/mol. The van der Waals surface area contributed by atoms with Gasteiger partial charge in [-0.25, -0.2) is 0 Å². The molecular formula is C16H20N2O3. The number of methoxy groups -OCH3 is 1. The molecule has 3 rings (SSSR count). The van der Waals surface area contributed by atoms with E-state index in [4.69, 9.17) is 14.0 Å². The minimum absolute atomic E-state index is 0.461. The van der Waals surface area contributed by atoms with Gasteiger partial charge in [-0.2, -0.15) is 4.98 Å². The summed E-state index contributed by atoms with van der Waals surface area (Å²) >= 11 is 0. The van der Waals surface area contributed by atoms with Crippen molar-refractivity contribution < 1.29 is 14.0 Å². The van der Waals surface area contributed by atoms with Gasteiger partial charge in [-0.3, -0.25) is 0 Å². The van der Waals surface area contributed by atoms with Crippen molar-refractivity contribution in [3.8, 4) is 17.1 Å². The predicted octanol–water partition coefficient (Wildman–Crippen LogP) is 3.47. The van der Waals surface area contributed by atoms with Crippen LogP contribution in [-0.2, 0) is 10.3 Å². The molecule has 0 radical (unpaired) electrons. The van der Waals surface area contributed by atoms with Crippen molar-refractivity contribution in [3.05, 3.63) is 29.7 Å². The molecule has 5 heteroatoms. The SMILES string of the molecule is COc1cc(C)cc(-c2noc(C3(C)CCCCO3)n2)c1.